The van der Waals surface area contributed by atoms with Crippen LogP contribution in [0.1, 0.15) is 31.0 Å². The van der Waals surface area contributed by atoms with Crippen LogP contribution in [0.5, 0.6) is 5.75 Å². The molecule has 1 aromatic heterocycles. The molecule has 1 saturated heterocycles. The zero-order valence-electron chi connectivity index (χ0n) is 15.8. The van der Waals surface area contributed by atoms with Gasteiger partial charge in [0.1, 0.15) is 12.4 Å². The van der Waals surface area contributed by atoms with Crippen LogP contribution in [0.3, 0.4) is 0 Å². The molecule has 0 aliphatic carbocycles. The Balaban J connectivity index is 1.32. The van der Waals surface area contributed by atoms with Gasteiger partial charge in [-0.2, -0.15) is 0 Å². The summed E-state index contributed by atoms with van der Waals surface area (Å²) in [4.78, 5) is 9.28. The summed E-state index contributed by atoms with van der Waals surface area (Å²) < 4.78 is 8.43. The highest BCUT2D eigenvalue weighted by molar-refractivity contribution is 5.33. The molecular weight excluding hydrogens is 324 g/mol. The molecule has 3 heterocycles. The topological polar surface area (TPSA) is 33.5 Å². The molecule has 0 bridgehead atoms. The van der Waals surface area contributed by atoms with Gasteiger partial charge in [-0.25, -0.2) is 4.98 Å². The number of ether oxygens (including phenoxy) is 1. The summed E-state index contributed by atoms with van der Waals surface area (Å²) in [5, 5.41) is 0. The predicted octanol–water partition coefficient (Wildman–Crippen LogP) is 3.01. The van der Waals surface area contributed by atoms with Crippen molar-refractivity contribution in [1.29, 1.82) is 0 Å². The number of fused-ring (bicyclic) bond motifs is 1. The Morgan fingerprint density at radius 3 is 3.00 bits per heavy atom. The standard InChI is InChI=1S/C21H30N4O/c1-18-5-4-8-23(14-18)11-12-26-21-7-3-2-6-19(21)15-24-9-10-25-17-22-13-20(25)16-24/h2-3,6-7,13,17-18H,4-5,8-12,14-16H2,1H3/t18-/m0/s1. The zero-order valence-corrected chi connectivity index (χ0v) is 15.8. The van der Waals surface area contributed by atoms with E-state index in [0.29, 0.717) is 0 Å². The van der Waals surface area contributed by atoms with E-state index in [1.807, 2.05) is 12.5 Å². The first-order chi connectivity index (χ1) is 12.8. The third kappa shape index (κ3) is 4.27. The second-order valence-corrected chi connectivity index (χ2v) is 7.79. The van der Waals surface area contributed by atoms with E-state index in [1.165, 1.54) is 37.2 Å². The van der Waals surface area contributed by atoms with E-state index in [-0.39, 0.29) is 0 Å². The minimum Gasteiger partial charge on any atom is -0.492 e. The first-order valence-corrected chi connectivity index (χ1v) is 9.92. The molecule has 0 N–H and O–H groups in total. The van der Waals surface area contributed by atoms with Crippen molar-refractivity contribution < 1.29 is 4.74 Å². The summed E-state index contributed by atoms with van der Waals surface area (Å²) in [5.74, 6) is 1.86. The van der Waals surface area contributed by atoms with Crippen LogP contribution in [0.15, 0.2) is 36.8 Å². The van der Waals surface area contributed by atoms with Crippen molar-refractivity contribution in [3.8, 4) is 5.75 Å². The lowest BCUT2D eigenvalue weighted by molar-refractivity contribution is 0.152. The van der Waals surface area contributed by atoms with Crippen molar-refractivity contribution >= 4 is 0 Å². The summed E-state index contributed by atoms with van der Waals surface area (Å²) in [6.07, 6.45) is 6.61. The summed E-state index contributed by atoms with van der Waals surface area (Å²) in [6.45, 7) is 10.6. The van der Waals surface area contributed by atoms with E-state index in [0.717, 1.165) is 51.0 Å². The van der Waals surface area contributed by atoms with Crippen LogP contribution in [0.4, 0.5) is 0 Å². The fourth-order valence-electron chi connectivity index (χ4n) is 4.16. The van der Waals surface area contributed by atoms with Gasteiger partial charge in [-0.3, -0.25) is 9.80 Å². The molecule has 2 aliphatic rings. The van der Waals surface area contributed by atoms with Crippen LogP contribution in [0, 0.1) is 5.92 Å². The van der Waals surface area contributed by atoms with E-state index in [4.69, 9.17) is 4.74 Å². The molecule has 1 atom stereocenters. The van der Waals surface area contributed by atoms with Crippen LogP contribution in [-0.4, -0.2) is 52.1 Å². The van der Waals surface area contributed by atoms with Gasteiger partial charge in [0.2, 0.25) is 0 Å². The number of hydrogen-bond acceptors (Lipinski definition) is 4. The minimum absolute atomic E-state index is 0.774. The zero-order chi connectivity index (χ0) is 17.8. The molecular formula is C21H30N4O. The lowest BCUT2D eigenvalue weighted by Gasteiger charge is -2.31. The largest absolute Gasteiger partial charge is 0.492 e. The highest BCUT2D eigenvalue weighted by atomic mass is 16.5. The average Bonchev–Trinajstić information content (AvgIpc) is 3.11. The fourth-order valence-corrected chi connectivity index (χ4v) is 4.16. The number of rotatable bonds is 6. The molecule has 4 rings (SSSR count). The lowest BCUT2D eigenvalue weighted by Crippen LogP contribution is -2.37. The van der Waals surface area contributed by atoms with Crippen molar-refractivity contribution in [3.63, 3.8) is 0 Å². The number of hydrogen-bond donors (Lipinski definition) is 0. The Morgan fingerprint density at radius 2 is 2.08 bits per heavy atom. The second kappa shape index (κ2) is 8.23. The van der Waals surface area contributed by atoms with Gasteiger partial charge in [0.25, 0.3) is 0 Å². The van der Waals surface area contributed by atoms with Gasteiger partial charge in [0, 0.05) is 51.0 Å². The average molecular weight is 354 g/mol. The van der Waals surface area contributed by atoms with Crippen LogP contribution < -0.4 is 4.74 Å². The third-order valence-electron chi connectivity index (χ3n) is 5.61. The molecule has 0 spiro atoms. The molecule has 0 saturated carbocycles. The Hall–Kier alpha value is -1.85. The molecule has 5 nitrogen and oxygen atoms in total. The van der Waals surface area contributed by atoms with Gasteiger partial charge in [0.15, 0.2) is 0 Å². The van der Waals surface area contributed by atoms with Gasteiger partial charge in [-0.05, 0) is 31.4 Å². The summed E-state index contributed by atoms with van der Waals surface area (Å²) >= 11 is 0. The van der Waals surface area contributed by atoms with E-state index in [2.05, 4.69) is 50.5 Å². The van der Waals surface area contributed by atoms with Crippen LogP contribution in [0.25, 0.3) is 0 Å². The first-order valence-electron chi connectivity index (χ1n) is 9.92. The molecule has 0 radical (unpaired) electrons. The fraction of sp³-hybridized carbons (Fsp3) is 0.571. The van der Waals surface area contributed by atoms with E-state index in [1.54, 1.807) is 0 Å². The Morgan fingerprint density at radius 1 is 1.15 bits per heavy atom. The Labute approximate surface area is 156 Å². The predicted molar refractivity (Wildman–Crippen MR) is 103 cm³/mol. The van der Waals surface area contributed by atoms with Crippen molar-refractivity contribution in [2.45, 2.75) is 39.4 Å². The highest BCUT2D eigenvalue weighted by Gasteiger charge is 2.18. The quantitative estimate of drug-likeness (QED) is 0.798. The number of piperidine rings is 1. The smallest absolute Gasteiger partial charge is 0.123 e. The number of aromatic nitrogens is 2. The van der Waals surface area contributed by atoms with Crippen molar-refractivity contribution in [2.75, 3.05) is 32.8 Å². The first kappa shape index (κ1) is 17.6. The summed E-state index contributed by atoms with van der Waals surface area (Å²) in [7, 11) is 0. The Bertz CT molecular complexity index is 714. The lowest BCUT2D eigenvalue weighted by atomic mass is 10.0. The van der Waals surface area contributed by atoms with Crippen molar-refractivity contribution in [2.24, 2.45) is 5.92 Å². The van der Waals surface area contributed by atoms with Gasteiger partial charge >= 0.3 is 0 Å². The maximum absolute atomic E-state index is 6.19. The molecule has 26 heavy (non-hydrogen) atoms. The monoisotopic (exact) mass is 354 g/mol. The number of benzene rings is 1. The number of para-hydroxylation sites is 1. The van der Waals surface area contributed by atoms with Crippen LogP contribution >= 0.6 is 0 Å². The minimum atomic E-state index is 0.774. The summed E-state index contributed by atoms with van der Waals surface area (Å²) in [6, 6.07) is 8.50. The summed E-state index contributed by atoms with van der Waals surface area (Å²) in [5.41, 5.74) is 2.58. The van der Waals surface area contributed by atoms with E-state index >= 15 is 0 Å². The second-order valence-electron chi connectivity index (χ2n) is 7.79. The normalized spacial score (nSPS) is 21.5. The van der Waals surface area contributed by atoms with Gasteiger partial charge < -0.3 is 9.30 Å². The van der Waals surface area contributed by atoms with Gasteiger partial charge in [0.05, 0.1) is 12.0 Å². The highest BCUT2D eigenvalue weighted by Crippen LogP contribution is 2.22. The van der Waals surface area contributed by atoms with Crippen LogP contribution in [-0.2, 0) is 19.6 Å². The molecule has 0 unspecified atom stereocenters. The SMILES string of the molecule is C[C@H]1CCCN(CCOc2ccccc2CN2CCn3cncc3C2)C1. The molecule has 0 amide bonds. The third-order valence-corrected chi connectivity index (χ3v) is 5.61. The maximum Gasteiger partial charge on any atom is 0.123 e. The molecule has 5 heteroatoms. The van der Waals surface area contributed by atoms with Crippen molar-refractivity contribution in [1.82, 2.24) is 19.4 Å². The van der Waals surface area contributed by atoms with Gasteiger partial charge in [-0.15, -0.1) is 0 Å². The molecule has 1 fully saturated rings. The number of likely N-dealkylation sites (tertiary alicyclic amines) is 1. The molecule has 2 aliphatic heterocycles. The molecule has 140 valence electrons. The van der Waals surface area contributed by atoms with Crippen LogP contribution in [0.2, 0.25) is 0 Å². The van der Waals surface area contributed by atoms with Crippen molar-refractivity contribution in [3.05, 3.63) is 48.0 Å². The molecule has 2 aromatic rings. The van der Waals surface area contributed by atoms with Gasteiger partial charge in [-0.1, -0.05) is 25.1 Å². The Kier molecular flexibility index (Phi) is 5.56. The molecule has 1 aromatic carbocycles. The number of imidazole rings is 1. The van der Waals surface area contributed by atoms with E-state index < -0.39 is 0 Å². The van der Waals surface area contributed by atoms with E-state index in [9.17, 15) is 0 Å². The number of nitrogens with zero attached hydrogens (tertiary/aromatic N) is 4. The maximum atomic E-state index is 6.19.